The van der Waals surface area contributed by atoms with Crippen LogP contribution in [0.4, 0.5) is 0 Å². The van der Waals surface area contributed by atoms with Gasteiger partial charge in [-0.2, -0.15) is 0 Å². The molecule has 0 radical (unpaired) electrons. The summed E-state index contributed by atoms with van der Waals surface area (Å²) in [7, 11) is -2.89. The van der Waals surface area contributed by atoms with Crippen LogP contribution in [0.3, 0.4) is 0 Å². The van der Waals surface area contributed by atoms with Gasteiger partial charge in [-0.15, -0.1) is 0 Å². The number of aromatic hydroxyl groups is 1. The van der Waals surface area contributed by atoms with Crippen LogP contribution in [0.2, 0.25) is 0 Å². The minimum atomic E-state index is -2.89. The van der Waals surface area contributed by atoms with Gasteiger partial charge >= 0.3 is 0 Å². The molecule has 0 spiro atoms. The van der Waals surface area contributed by atoms with Crippen LogP contribution in [-0.2, 0) is 16.4 Å². The van der Waals surface area contributed by atoms with Crippen molar-refractivity contribution in [1.29, 1.82) is 0 Å². The largest absolute Gasteiger partial charge is 0.504 e. The molecular weight excluding hydrogens is 278 g/mol. The number of hydrogen-bond acceptors (Lipinski definition) is 5. The molecule has 1 heterocycles. The van der Waals surface area contributed by atoms with E-state index in [9.17, 15) is 13.5 Å². The van der Waals surface area contributed by atoms with Gasteiger partial charge in [0.25, 0.3) is 0 Å². The molecule has 1 saturated heterocycles. The summed E-state index contributed by atoms with van der Waals surface area (Å²) in [5, 5.41) is 12.5. The van der Waals surface area contributed by atoms with Crippen molar-refractivity contribution in [2.75, 3.05) is 18.9 Å². The van der Waals surface area contributed by atoms with Gasteiger partial charge in [0.05, 0.1) is 17.6 Å². The Morgan fingerprint density at radius 3 is 2.90 bits per heavy atom. The molecule has 6 heteroatoms. The number of benzene rings is 1. The van der Waals surface area contributed by atoms with E-state index in [2.05, 4.69) is 5.32 Å². The lowest BCUT2D eigenvalue weighted by Crippen LogP contribution is -2.30. The normalized spacial score (nSPS) is 20.9. The summed E-state index contributed by atoms with van der Waals surface area (Å²) in [6.07, 6.45) is 1.51. The number of hydrogen-bond donors (Lipinski definition) is 2. The molecule has 1 aliphatic heterocycles. The van der Waals surface area contributed by atoms with Gasteiger partial charge in [0.15, 0.2) is 21.3 Å². The molecule has 112 valence electrons. The smallest absolute Gasteiger partial charge is 0.161 e. The summed E-state index contributed by atoms with van der Waals surface area (Å²) in [4.78, 5) is 0. The minimum absolute atomic E-state index is 0.119. The zero-order valence-corrected chi connectivity index (χ0v) is 12.4. The third-order valence-electron chi connectivity index (χ3n) is 3.49. The standard InChI is InChI=1S/C14H21NO4S/c1-2-19-14-8-11(5-6-13(14)16)9-15-10-12-4-3-7-20(12,17)18/h5-6,8,12,15-16H,2-4,7,9-10H2,1H3. The van der Waals surface area contributed by atoms with E-state index in [-0.39, 0.29) is 11.0 Å². The van der Waals surface area contributed by atoms with Crippen LogP contribution in [0.5, 0.6) is 11.5 Å². The molecule has 0 saturated carbocycles. The topological polar surface area (TPSA) is 75.6 Å². The molecule has 20 heavy (non-hydrogen) atoms. The van der Waals surface area contributed by atoms with E-state index in [4.69, 9.17) is 4.74 Å². The third-order valence-corrected chi connectivity index (χ3v) is 5.76. The molecule has 1 aliphatic rings. The Balaban J connectivity index is 1.89. The lowest BCUT2D eigenvalue weighted by atomic mass is 10.2. The van der Waals surface area contributed by atoms with Crippen LogP contribution in [0.25, 0.3) is 0 Å². The highest BCUT2D eigenvalue weighted by molar-refractivity contribution is 7.92. The molecular formula is C14H21NO4S. The fourth-order valence-corrected chi connectivity index (χ4v) is 4.20. The molecule has 0 bridgehead atoms. The third kappa shape index (κ3) is 3.64. The molecule has 1 fully saturated rings. The van der Waals surface area contributed by atoms with E-state index in [1.54, 1.807) is 18.2 Å². The molecule has 1 unspecified atom stereocenters. The number of ether oxygens (including phenoxy) is 1. The summed E-state index contributed by atoms with van der Waals surface area (Å²) < 4.78 is 28.7. The molecule has 2 rings (SSSR count). The maximum absolute atomic E-state index is 11.7. The van der Waals surface area contributed by atoms with Crippen LogP contribution >= 0.6 is 0 Å². The first-order valence-corrected chi connectivity index (χ1v) is 8.61. The van der Waals surface area contributed by atoms with Gasteiger partial charge in [-0.05, 0) is 37.5 Å². The molecule has 0 aliphatic carbocycles. The zero-order valence-electron chi connectivity index (χ0n) is 11.6. The van der Waals surface area contributed by atoms with Gasteiger partial charge in [0.1, 0.15) is 0 Å². The SMILES string of the molecule is CCOc1cc(CNCC2CCCS2(=O)=O)ccc1O. The molecule has 2 N–H and O–H groups in total. The average Bonchev–Trinajstić information content (AvgIpc) is 2.73. The monoisotopic (exact) mass is 299 g/mol. The van der Waals surface area contributed by atoms with Gasteiger partial charge in [0, 0.05) is 13.1 Å². The Bertz CT molecular complexity index is 556. The quantitative estimate of drug-likeness (QED) is 0.831. The van der Waals surface area contributed by atoms with Crippen LogP contribution in [0.15, 0.2) is 18.2 Å². The fourth-order valence-electron chi connectivity index (χ4n) is 2.40. The number of rotatable bonds is 6. The van der Waals surface area contributed by atoms with Crippen LogP contribution < -0.4 is 10.1 Å². The van der Waals surface area contributed by atoms with Crippen LogP contribution in [-0.4, -0.2) is 37.7 Å². The van der Waals surface area contributed by atoms with Crippen molar-refractivity contribution in [1.82, 2.24) is 5.32 Å². The Kier molecular flexibility index (Phi) is 4.88. The second-order valence-corrected chi connectivity index (χ2v) is 7.40. The summed E-state index contributed by atoms with van der Waals surface area (Å²) >= 11 is 0. The van der Waals surface area contributed by atoms with Gasteiger partial charge in [-0.25, -0.2) is 8.42 Å². The number of nitrogens with one attached hydrogen (secondary N) is 1. The van der Waals surface area contributed by atoms with Crippen molar-refractivity contribution >= 4 is 9.84 Å². The fraction of sp³-hybridized carbons (Fsp3) is 0.571. The van der Waals surface area contributed by atoms with E-state index in [1.165, 1.54) is 0 Å². The number of sulfone groups is 1. The first-order valence-electron chi connectivity index (χ1n) is 6.90. The first kappa shape index (κ1) is 15.1. The van der Waals surface area contributed by atoms with E-state index in [0.29, 0.717) is 31.2 Å². The second-order valence-electron chi connectivity index (χ2n) is 5.00. The summed E-state index contributed by atoms with van der Waals surface area (Å²) in [5.74, 6) is 0.891. The van der Waals surface area contributed by atoms with Gasteiger partial charge < -0.3 is 15.2 Å². The highest BCUT2D eigenvalue weighted by Crippen LogP contribution is 2.26. The lowest BCUT2D eigenvalue weighted by molar-refractivity contribution is 0.317. The molecule has 1 aromatic rings. The van der Waals surface area contributed by atoms with Gasteiger partial charge in [0.2, 0.25) is 0 Å². The van der Waals surface area contributed by atoms with Crippen LogP contribution in [0, 0.1) is 0 Å². The van der Waals surface area contributed by atoms with Crippen LogP contribution in [0.1, 0.15) is 25.3 Å². The Hall–Kier alpha value is -1.27. The van der Waals surface area contributed by atoms with Crippen molar-refractivity contribution in [3.05, 3.63) is 23.8 Å². The van der Waals surface area contributed by atoms with E-state index < -0.39 is 9.84 Å². The Morgan fingerprint density at radius 2 is 2.25 bits per heavy atom. The van der Waals surface area contributed by atoms with Crippen molar-refractivity contribution in [3.8, 4) is 11.5 Å². The summed E-state index contributed by atoms with van der Waals surface area (Å²) in [5.41, 5.74) is 0.960. The summed E-state index contributed by atoms with van der Waals surface area (Å²) in [6.45, 7) is 3.39. The maximum Gasteiger partial charge on any atom is 0.161 e. The van der Waals surface area contributed by atoms with E-state index in [1.807, 2.05) is 6.92 Å². The van der Waals surface area contributed by atoms with Gasteiger partial charge in [-0.3, -0.25) is 0 Å². The molecule has 0 aromatic heterocycles. The molecule has 1 aromatic carbocycles. The molecule has 5 nitrogen and oxygen atoms in total. The van der Waals surface area contributed by atoms with Crippen molar-refractivity contribution in [2.24, 2.45) is 0 Å². The second kappa shape index (κ2) is 6.45. The number of phenols is 1. The average molecular weight is 299 g/mol. The Morgan fingerprint density at radius 1 is 1.45 bits per heavy atom. The highest BCUT2D eigenvalue weighted by Gasteiger charge is 2.30. The van der Waals surface area contributed by atoms with Crippen molar-refractivity contribution in [2.45, 2.75) is 31.6 Å². The molecule has 1 atom stereocenters. The van der Waals surface area contributed by atoms with Gasteiger partial charge in [-0.1, -0.05) is 6.07 Å². The Labute approximate surface area is 119 Å². The zero-order chi connectivity index (χ0) is 14.6. The number of phenolic OH excluding ortho intramolecular Hbond substituents is 1. The van der Waals surface area contributed by atoms with Crippen molar-refractivity contribution < 1.29 is 18.3 Å². The summed E-state index contributed by atoms with van der Waals surface area (Å²) in [6, 6.07) is 5.16. The highest BCUT2D eigenvalue weighted by atomic mass is 32.2. The first-order chi connectivity index (χ1) is 9.53. The lowest BCUT2D eigenvalue weighted by Gasteiger charge is -2.12. The molecule has 0 amide bonds. The van der Waals surface area contributed by atoms with E-state index >= 15 is 0 Å². The predicted octanol–water partition coefficient (Wildman–Crippen LogP) is 1.46. The predicted molar refractivity (Wildman–Crippen MR) is 77.8 cm³/mol. The van der Waals surface area contributed by atoms with E-state index in [0.717, 1.165) is 18.4 Å². The maximum atomic E-state index is 11.7. The van der Waals surface area contributed by atoms with Crippen molar-refractivity contribution in [3.63, 3.8) is 0 Å². The minimum Gasteiger partial charge on any atom is -0.504 e.